The van der Waals surface area contributed by atoms with E-state index < -0.39 is 18.2 Å². The lowest BCUT2D eigenvalue weighted by atomic mass is 9.45. The highest BCUT2D eigenvalue weighted by atomic mass is 127. The van der Waals surface area contributed by atoms with Crippen molar-refractivity contribution in [3.05, 3.63) is 32.9 Å². The third-order valence-corrected chi connectivity index (χ3v) is 10.1. The first-order valence-electron chi connectivity index (χ1n) is 14.1. The van der Waals surface area contributed by atoms with Crippen molar-refractivity contribution < 1.29 is 34.1 Å². The predicted molar refractivity (Wildman–Crippen MR) is 158 cm³/mol. The molecule has 5 rings (SSSR count). The van der Waals surface area contributed by atoms with Gasteiger partial charge >= 0.3 is 0 Å². The molecule has 0 spiro atoms. The predicted octanol–water partition coefficient (Wildman–Crippen LogP) is 3.34. The zero-order valence-corrected chi connectivity index (χ0v) is 25.8. The summed E-state index contributed by atoms with van der Waals surface area (Å²) >= 11 is 2.04. The van der Waals surface area contributed by atoms with Crippen LogP contribution in [0.3, 0.4) is 0 Å². The highest BCUT2D eigenvalue weighted by Crippen LogP contribution is 2.61. The third kappa shape index (κ3) is 6.04. The number of carbonyl (C=O) groups excluding carboxylic acids is 3. The Morgan fingerprint density at radius 3 is 2.62 bits per heavy atom. The van der Waals surface area contributed by atoms with E-state index in [1.54, 1.807) is 23.1 Å². The van der Waals surface area contributed by atoms with Gasteiger partial charge in [0, 0.05) is 37.1 Å². The number of rotatable bonds is 11. The smallest absolute Gasteiger partial charge is 0.247 e. The number of aliphatic hydroxyl groups is 2. The summed E-state index contributed by atoms with van der Waals surface area (Å²) in [5.74, 6) is 1.81. The van der Waals surface area contributed by atoms with Gasteiger partial charge in [-0.25, -0.2) is 0 Å². The fourth-order valence-electron chi connectivity index (χ4n) is 6.90. The number of nitrogens with zero attached hydrogens (tertiary/aromatic N) is 1. The monoisotopic (exact) mass is 668 g/mol. The summed E-state index contributed by atoms with van der Waals surface area (Å²) in [6.45, 7) is 6.87. The van der Waals surface area contributed by atoms with Crippen LogP contribution in [0.25, 0.3) is 0 Å². The summed E-state index contributed by atoms with van der Waals surface area (Å²) in [6.07, 6.45) is 4.06. The summed E-state index contributed by atoms with van der Waals surface area (Å²) in [5.41, 5.74) is 1.05. The van der Waals surface area contributed by atoms with Crippen molar-refractivity contribution in [2.45, 2.75) is 71.1 Å². The zero-order valence-electron chi connectivity index (χ0n) is 23.7. The van der Waals surface area contributed by atoms with Crippen LogP contribution < -0.4 is 14.8 Å². The summed E-state index contributed by atoms with van der Waals surface area (Å²) in [7, 11) is 1.47. The van der Waals surface area contributed by atoms with Gasteiger partial charge in [0.2, 0.25) is 11.8 Å². The molecule has 0 heterocycles. The van der Waals surface area contributed by atoms with E-state index in [0.29, 0.717) is 50.9 Å². The van der Waals surface area contributed by atoms with Gasteiger partial charge in [-0.05, 0) is 83.2 Å². The molecule has 10 heteroatoms. The van der Waals surface area contributed by atoms with E-state index in [1.165, 1.54) is 13.5 Å². The lowest BCUT2D eigenvalue weighted by Gasteiger charge is -2.61. The van der Waals surface area contributed by atoms with Crippen molar-refractivity contribution in [2.75, 3.05) is 26.8 Å². The van der Waals surface area contributed by atoms with Gasteiger partial charge in [0.15, 0.2) is 11.5 Å². The average molecular weight is 669 g/mol. The van der Waals surface area contributed by atoms with Crippen molar-refractivity contribution in [1.82, 2.24) is 10.2 Å². The Morgan fingerprint density at radius 2 is 2.02 bits per heavy atom. The quantitative estimate of drug-likeness (QED) is 0.244. The molecule has 0 saturated heterocycles. The summed E-state index contributed by atoms with van der Waals surface area (Å²) in [5, 5.41) is 23.6. The van der Waals surface area contributed by atoms with Crippen molar-refractivity contribution in [1.29, 1.82) is 0 Å². The second kappa shape index (κ2) is 12.8. The minimum absolute atomic E-state index is 0.0680. The summed E-state index contributed by atoms with van der Waals surface area (Å²) in [6, 6.07) is 2.54. The molecule has 0 unspecified atom stereocenters. The van der Waals surface area contributed by atoms with Crippen LogP contribution in [-0.2, 0) is 9.59 Å². The number of halogens is 1. The Labute approximate surface area is 249 Å². The maximum atomic E-state index is 13.4. The SMILES string of the molecule is CCC(=O)N(C[C@@H]1CC[C@H]2C[C@@H]1C2(C)C)[C@@H]1CC(C(=O)NCCO)=C[C@H](Oc2c(I)cc(C=O)cc2OC)[C@H]1O. The first-order valence-corrected chi connectivity index (χ1v) is 15.2. The van der Waals surface area contributed by atoms with Crippen LogP contribution >= 0.6 is 22.6 Å². The average Bonchev–Trinajstić information content (AvgIpc) is 2.95. The van der Waals surface area contributed by atoms with Gasteiger partial charge in [-0.3, -0.25) is 14.4 Å². The van der Waals surface area contributed by atoms with E-state index in [1.807, 2.05) is 29.5 Å². The molecule has 4 aliphatic rings. The van der Waals surface area contributed by atoms with E-state index >= 15 is 0 Å². The number of aliphatic hydroxyl groups excluding tert-OH is 2. The molecule has 3 fully saturated rings. The molecule has 6 atom stereocenters. The Morgan fingerprint density at radius 1 is 1.27 bits per heavy atom. The number of methoxy groups -OCH3 is 1. The standard InChI is InChI=1S/C30H41IN2O7/c1-5-26(36)33(15-18-6-7-20-14-21(18)30(20,2)3)23-12-19(29(38)32-8-9-34)13-24(27(23)37)40-28-22(31)10-17(16-35)11-25(28)39-4/h10-11,13,16,18,20-21,23-24,27,34,37H,5-9,12,14-15H2,1-4H3,(H,32,38)/t18-,20-,21-,23+,24-,27-/m0/s1. The number of nitrogens with one attached hydrogen (secondary N) is 1. The number of benzene rings is 1. The molecule has 0 aliphatic heterocycles. The van der Waals surface area contributed by atoms with Gasteiger partial charge in [-0.2, -0.15) is 0 Å². The Bertz CT molecular complexity index is 1150. The molecule has 1 aromatic rings. The second-order valence-corrected chi connectivity index (χ2v) is 12.9. The maximum Gasteiger partial charge on any atom is 0.247 e. The number of carbonyl (C=O) groups is 3. The van der Waals surface area contributed by atoms with E-state index in [-0.39, 0.29) is 43.2 Å². The van der Waals surface area contributed by atoms with Crippen molar-refractivity contribution in [2.24, 2.45) is 23.2 Å². The van der Waals surface area contributed by atoms with Crippen LogP contribution in [0.2, 0.25) is 0 Å². The number of hydrogen-bond donors (Lipinski definition) is 3. The molecule has 2 amide bonds. The molecular formula is C30H41IN2O7. The first-order chi connectivity index (χ1) is 19.0. The van der Waals surface area contributed by atoms with Gasteiger partial charge in [0.05, 0.1) is 23.3 Å². The molecule has 40 heavy (non-hydrogen) atoms. The number of hydrogen-bond acceptors (Lipinski definition) is 7. The number of aldehydes is 1. The van der Waals surface area contributed by atoms with Gasteiger partial charge in [0.1, 0.15) is 18.5 Å². The molecule has 0 radical (unpaired) electrons. The normalized spacial score (nSPS) is 28.5. The summed E-state index contributed by atoms with van der Waals surface area (Å²) in [4.78, 5) is 39.7. The highest BCUT2D eigenvalue weighted by molar-refractivity contribution is 14.1. The zero-order chi connectivity index (χ0) is 29.2. The van der Waals surface area contributed by atoms with Crippen LogP contribution in [0.15, 0.2) is 23.8 Å². The van der Waals surface area contributed by atoms with Gasteiger partial charge in [-0.1, -0.05) is 20.8 Å². The Kier molecular flexibility index (Phi) is 9.82. The van der Waals surface area contributed by atoms with Crippen LogP contribution in [-0.4, -0.2) is 78.3 Å². The topological polar surface area (TPSA) is 125 Å². The van der Waals surface area contributed by atoms with Crippen molar-refractivity contribution in [3.63, 3.8) is 0 Å². The first kappa shape index (κ1) is 30.8. The molecule has 2 bridgehead atoms. The molecule has 3 N–H and O–H groups in total. The van der Waals surface area contributed by atoms with Crippen LogP contribution in [0.5, 0.6) is 11.5 Å². The second-order valence-electron chi connectivity index (χ2n) is 11.8. The van der Waals surface area contributed by atoms with E-state index in [2.05, 4.69) is 19.2 Å². The Balaban J connectivity index is 1.67. The molecule has 1 aromatic carbocycles. The molecule has 4 aliphatic carbocycles. The lowest BCUT2D eigenvalue weighted by Crippen LogP contribution is -2.59. The van der Waals surface area contributed by atoms with Gasteiger partial charge in [-0.15, -0.1) is 0 Å². The minimum atomic E-state index is -1.11. The highest BCUT2D eigenvalue weighted by Gasteiger charge is 2.55. The van der Waals surface area contributed by atoms with Crippen molar-refractivity contribution >= 4 is 40.7 Å². The Hall–Kier alpha value is -2.18. The number of ether oxygens (including phenoxy) is 2. The van der Waals surface area contributed by atoms with E-state index in [9.17, 15) is 24.6 Å². The van der Waals surface area contributed by atoms with Gasteiger partial charge < -0.3 is 29.9 Å². The lowest BCUT2D eigenvalue weighted by molar-refractivity contribution is -0.147. The fraction of sp³-hybridized carbons (Fsp3) is 0.633. The van der Waals surface area contributed by atoms with Crippen molar-refractivity contribution in [3.8, 4) is 11.5 Å². The third-order valence-electron chi connectivity index (χ3n) is 9.31. The molecule has 3 saturated carbocycles. The fourth-order valence-corrected chi connectivity index (χ4v) is 7.65. The van der Waals surface area contributed by atoms with Crippen LogP contribution in [0, 0.1) is 26.7 Å². The summed E-state index contributed by atoms with van der Waals surface area (Å²) < 4.78 is 12.4. The molecule has 9 nitrogen and oxygen atoms in total. The number of fused-ring (bicyclic) bond motifs is 2. The minimum Gasteiger partial charge on any atom is -0.493 e. The largest absolute Gasteiger partial charge is 0.493 e. The van der Waals surface area contributed by atoms with Gasteiger partial charge in [0.25, 0.3) is 0 Å². The van der Waals surface area contributed by atoms with E-state index in [4.69, 9.17) is 9.47 Å². The van der Waals surface area contributed by atoms with E-state index in [0.717, 1.165) is 18.8 Å². The molecular weight excluding hydrogens is 627 g/mol. The molecule has 0 aromatic heterocycles. The maximum absolute atomic E-state index is 13.4. The van der Waals surface area contributed by atoms with Crippen LogP contribution in [0.1, 0.15) is 63.2 Å². The number of amides is 2. The van der Waals surface area contributed by atoms with Crippen LogP contribution in [0.4, 0.5) is 0 Å². The molecule has 220 valence electrons.